The van der Waals surface area contributed by atoms with Gasteiger partial charge in [-0.25, -0.2) is 0 Å². The van der Waals surface area contributed by atoms with Crippen LogP contribution in [-0.2, 0) is 0 Å². The maximum absolute atomic E-state index is 2.32. The van der Waals surface area contributed by atoms with Gasteiger partial charge in [0, 0.05) is 0 Å². The molecule has 0 aliphatic carbocycles. The second-order valence-corrected chi connectivity index (χ2v) is 12.1. The van der Waals surface area contributed by atoms with Gasteiger partial charge in [0.25, 0.3) is 0 Å². The van der Waals surface area contributed by atoms with E-state index in [1.807, 2.05) is 11.8 Å². The van der Waals surface area contributed by atoms with Crippen LogP contribution >= 0.6 is 19.0 Å². The van der Waals surface area contributed by atoms with Gasteiger partial charge in [0.15, 0.2) is 0 Å². The van der Waals surface area contributed by atoms with Gasteiger partial charge in [0.05, 0.1) is 0 Å². The van der Waals surface area contributed by atoms with Crippen LogP contribution < -0.4 is 15.9 Å². The SMILES string of the molecule is c1ccc(SC[PH](c2ccccc2)(c2ccccc2)c2ccccc2)cc1. The molecule has 0 atom stereocenters. The van der Waals surface area contributed by atoms with Gasteiger partial charge < -0.3 is 0 Å². The van der Waals surface area contributed by atoms with Crippen molar-refractivity contribution >= 4 is 34.9 Å². The average Bonchev–Trinajstić information content (AvgIpc) is 2.77. The van der Waals surface area contributed by atoms with Crippen molar-refractivity contribution in [2.75, 3.05) is 5.49 Å². The average molecular weight is 387 g/mol. The van der Waals surface area contributed by atoms with Gasteiger partial charge in [0.1, 0.15) is 0 Å². The van der Waals surface area contributed by atoms with E-state index in [0.29, 0.717) is 0 Å². The molecule has 0 aliphatic heterocycles. The van der Waals surface area contributed by atoms with Gasteiger partial charge in [-0.15, -0.1) is 0 Å². The van der Waals surface area contributed by atoms with Crippen LogP contribution in [0.2, 0.25) is 0 Å². The van der Waals surface area contributed by atoms with E-state index in [9.17, 15) is 0 Å². The summed E-state index contributed by atoms with van der Waals surface area (Å²) in [5, 5.41) is 4.39. The molecular formula is C25H23PS. The predicted octanol–water partition coefficient (Wildman–Crippen LogP) is 5.46. The first-order valence-corrected chi connectivity index (χ1v) is 12.4. The van der Waals surface area contributed by atoms with E-state index in [1.54, 1.807) is 0 Å². The first-order chi connectivity index (χ1) is 13.4. The van der Waals surface area contributed by atoms with Crippen molar-refractivity contribution in [3.05, 3.63) is 121 Å². The zero-order chi connectivity index (χ0) is 18.4. The fraction of sp³-hybridized carbons (Fsp3) is 0.0400. The van der Waals surface area contributed by atoms with Gasteiger partial charge in [-0.05, 0) is 0 Å². The Hall–Kier alpha value is -2.34. The maximum atomic E-state index is 2.32. The first kappa shape index (κ1) is 18.0. The van der Waals surface area contributed by atoms with Gasteiger partial charge in [-0.3, -0.25) is 0 Å². The normalized spacial score (nSPS) is 11.9. The van der Waals surface area contributed by atoms with Crippen LogP contribution in [0.25, 0.3) is 0 Å². The molecule has 0 saturated heterocycles. The first-order valence-electron chi connectivity index (χ1n) is 9.24. The Morgan fingerprint density at radius 3 is 1.15 bits per heavy atom. The van der Waals surface area contributed by atoms with E-state index in [1.165, 1.54) is 20.8 Å². The molecule has 0 aromatic heterocycles. The van der Waals surface area contributed by atoms with Crippen LogP contribution in [-0.4, -0.2) is 5.49 Å². The minimum absolute atomic E-state index is 1.08. The van der Waals surface area contributed by atoms with Crippen LogP contribution in [0.1, 0.15) is 0 Å². The van der Waals surface area contributed by atoms with E-state index >= 15 is 0 Å². The molecule has 4 rings (SSSR count). The molecule has 4 aromatic rings. The Bertz CT molecular complexity index is 857. The molecule has 0 amide bonds. The van der Waals surface area contributed by atoms with Crippen LogP contribution in [0.4, 0.5) is 0 Å². The Morgan fingerprint density at radius 1 is 0.444 bits per heavy atom. The Labute approximate surface area is 166 Å². The fourth-order valence-electron chi connectivity index (χ4n) is 3.63. The zero-order valence-electron chi connectivity index (χ0n) is 15.2. The number of hydrogen-bond donors (Lipinski definition) is 0. The molecule has 27 heavy (non-hydrogen) atoms. The third-order valence-electron chi connectivity index (χ3n) is 5.00. The molecule has 0 radical (unpaired) electrons. The van der Waals surface area contributed by atoms with Crippen molar-refractivity contribution in [3.8, 4) is 0 Å². The predicted molar refractivity (Wildman–Crippen MR) is 124 cm³/mol. The standard InChI is InChI=1S/C25H23PS/c1-5-13-22(14-6-1)26(23-15-7-2-8-16-23,24-17-9-3-10-18-24)21-27-25-19-11-4-12-20-25/h1-20,26H,21H2. The Morgan fingerprint density at radius 2 is 0.778 bits per heavy atom. The minimum atomic E-state index is -2.14. The summed E-state index contributed by atoms with van der Waals surface area (Å²) in [6.45, 7) is 0. The van der Waals surface area contributed by atoms with Crippen LogP contribution in [0, 0.1) is 0 Å². The van der Waals surface area contributed by atoms with E-state index in [2.05, 4.69) is 121 Å². The van der Waals surface area contributed by atoms with Crippen molar-refractivity contribution in [2.45, 2.75) is 4.90 Å². The third kappa shape index (κ3) is 3.86. The van der Waals surface area contributed by atoms with E-state index in [4.69, 9.17) is 0 Å². The van der Waals surface area contributed by atoms with Gasteiger partial charge >= 0.3 is 167 Å². The van der Waals surface area contributed by atoms with Crippen molar-refractivity contribution in [3.63, 3.8) is 0 Å². The van der Waals surface area contributed by atoms with Crippen LogP contribution in [0.15, 0.2) is 126 Å². The molecule has 0 spiro atoms. The van der Waals surface area contributed by atoms with Gasteiger partial charge in [-0.1, -0.05) is 0 Å². The Kier molecular flexibility index (Phi) is 5.72. The van der Waals surface area contributed by atoms with E-state index < -0.39 is 7.26 Å². The van der Waals surface area contributed by atoms with Crippen molar-refractivity contribution < 1.29 is 0 Å². The number of benzene rings is 4. The van der Waals surface area contributed by atoms with Crippen LogP contribution in [0.5, 0.6) is 0 Å². The summed E-state index contributed by atoms with van der Waals surface area (Å²) >= 11 is 1.97. The molecule has 0 heterocycles. The second-order valence-electron chi connectivity index (χ2n) is 6.61. The number of hydrogen-bond acceptors (Lipinski definition) is 1. The summed E-state index contributed by atoms with van der Waals surface area (Å²) < 4.78 is 0. The van der Waals surface area contributed by atoms with Gasteiger partial charge in [-0.2, -0.15) is 0 Å². The summed E-state index contributed by atoms with van der Waals surface area (Å²) in [6.07, 6.45) is 0. The zero-order valence-corrected chi connectivity index (χ0v) is 17.0. The van der Waals surface area contributed by atoms with Crippen molar-refractivity contribution in [1.82, 2.24) is 0 Å². The van der Waals surface area contributed by atoms with E-state index in [-0.39, 0.29) is 0 Å². The molecule has 0 nitrogen and oxygen atoms in total. The monoisotopic (exact) mass is 386 g/mol. The molecule has 0 fully saturated rings. The summed E-state index contributed by atoms with van der Waals surface area (Å²) in [5.74, 6) is 0. The van der Waals surface area contributed by atoms with Crippen molar-refractivity contribution in [2.24, 2.45) is 0 Å². The number of rotatable bonds is 6. The van der Waals surface area contributed by atoms with Gasteiger partial charge in [0.2, 0.25) is 0 Å². The quantitative estimate of drug-likeness (QED) is 0.313. The second kappa shape index (κ2) is 8.57. The molecule has 4 aromatic carbocycles. The summed E-state index contributed by atoms with van der Waals surface area (Å²) in [4.78, 5) is 1.33. The third-order valence-corrected chi connectivity index (χ3v) is 11.9. The fourth-order valence-corrected chi connectivity index (χ4v) is 10.8. The Balaban J connectivity index is 1.89. The molecule has 134 valence electrons. The summed E-state index contributed by atoms with van der Waals surface area (Å²) in [6, 6.07) is 44.1. The number of thioether (sulfide) groups is 1. The summed E-state index contributed by atoms with van der Waals surface area (Å²) in [5.41, 5.74) is 1.08. The molecule has 0 N–H and O–H groups in total. The summed E-state index contributed by atoms with van der Waals surface area (Å²) in [7, 11) is -2.14. The topological polar surface area (TPSA) is 0 Å². The van der Waals surface area contributed by atoms with Crippen molar-refractivity contribution in [1.29, 1.82) is 0 Å². The molecule has 0 saturated carbocycles. The molecule has 0 bridgehead atoms. The molecule has 0 aliphatic rings. The molecule has 0 unspecified atom stereocenters. The molecular weight excluding hydrogens is 363 g/mol. The van der Waals surface area contributed by atoms with Crippen LogP contribution in [0.3, 0.4) is 0 Å². The molecule has 2 heteroatoms. The van der Waals surface area contributed by atoms with E-state index in [0.717, 1.165) is 5.49 Å².